The third-order valence-electron chi connectivity index (χ3n) is 4.76. The summed E-state index contributed by atoms with van der Waals surface area (Å²) < 4.78 is 1.80. The average Bonchev–Trinajstić information content (AvgIpc) is 3.12. The fraction of sp³-hybridized carbons (Fsp3) is 0.304. The Kier molecular flexibility index (Phi) is 8.77. The normalized spacial score (nSPS) is 11.9. The number of anilines is 1. The summed E-state index contributed by atoms with van der Waals surface area (Å²) in [4.78, 5) is 25.2. The molecule has 1 aromatic heterocycles. The van der Waals surface area contributed by atoms with Crippen molar-refractivity contribution in [1.29, 1.82) is 0 Å². The van der Waals surface area contributed by atoms with Crippen molar-refractivity contribution in [1.82, 2.24) is 20.1 Å². The van der Waals surface area contributed by atoms with Gasteiger partial charge in [0.25, 0.3) is 5.91 Å². The van der Waals surface area contributed by atoms with E-state index in [0.29, 0.717) is 33.9 Å². The van der Waals surface area contributed by atoms with Gasteiger partial charge in [-0.3, -0.25) is 9.59 Å². The van der Waals surface area contributed by atoms with Gasteiger partial charge in [0.2, 0.25) is 5.91 Å². The molecule has 0 saturated carbocycles. The smallest absolute Gasteiger partial charge is 0.253 e. The van der Waals surface area contributed by atoms with Gasteiger partial charge >= 0.3 is 0 Å². The van der Waals surface area contributed by atoms with Gasteiger partial charge in [0.15, 0.2) is 11.0 Å². The van der Waals surface area contributed by atoms with Gasteiger partial charge in [0.1, 0.15) is 0 Å². The van der Waals surface area contributed by atoms with Crippen LogP contribution in [0.15, 0.2) is 53.7 Å². The SMILES string of the molecule is CC(C)C[C@H](NC(=O)c1ccc(Cl)cc1Cl)c1nnc(SCC(=O)Nc2ccccc2)n1C. The molecule has 33 heavy (non-hydrogen) atoms. The fourth-order valence-corrected chi connectivity index (χ4v) is 4.43. The van der Waals surface area contributed by atoms with Crippen LogP contribution in [0.3, 0.4) is 0 Å². The number of nitrogens with zero attached hydrogens (tertiary/aromatic N) is 3. The van der Waals surface area contributed by atoms with E-state index in [1.807, 2.05) is 37.4 Å². The Balaban J connectivity index is 1.70. The van der Waals surface area contributed by atoms with Crippen LogP contribution >= 0.6 is 35.0 Å². The minimum absolute atomic E-state index is 0.139. The molecule has 0 radical (unpaired) electrons. The molecule has 0 aliphatic rings. The van der Waals surface area contributed by atoms with Crippen molar-refractivity contribution < 1.29 is 9.59 Å². The van der Waals surface area contributed by atoms with Crippen molar-refractivity contribution in [3.05, 3.63) is 70.0 Å². The first-order chi connectivity index (χ1) is 15.7. The van der Waals surface area contributed by atoms with Gasteiger partial charge in [-0.15, -0.1) is 10.2 Å². The number of halogens is 2. The number of aromatic nitrogens is 3. The maximum atomic E-state index is 12.9. The summed E-state index contributed by atoms with van der Waals surface area (Å²) >= 11 is 13.4. The number of amides is 2. The topological polar surface area (TPSA) is 88.9 Å². The van der Waals surface area contributed by atoms with Gasteiger partial charge < -0.3 is 15.2 Å². The molecule has 2 amide bonds. The number of carbonyl (C=O) groups is 2. The van der Waals surface area contributed by atoms with Gasteiger partial charge in [0.05, 0.1) is 22.4 Å². The maximum absolute atomic E-state index is 12.9. The van der Waals surface area contributed by atoms with Crippen LogP contribution in [0.25, 0.3) is 0 Å². The van der Waals surface area contributed by atoms with Crippen molar-refractivity contribution in [3.63, 3.8) is 0 Å². The number of hydrogen-bond donors (Lipinski definition) is 2. The van der Waals surface area contributed by atoms with Gasteiger partial charge in [0, 0.05) is 17.8 Å². The van der Waals surface area contributed by atoms with E-state index in [4.69, 9.17) is 23.2 Å². The van der Waals surface area contributed by atoms with E-state index in [0.717, 1.165) is 5.69 Å². The number of hydrogen-bond acceptors (Lipinski definition) is 5. The molecule has 1 heterocycles. The highest BCUT2D eigenvalue weighted by atomic mass is 35.5. The highest BCUT2D eigenvalue weighted by molar-refractivity contribution is 7.99. The number of carbonyl (C=O) groups excluding carboxylic acids is 2. The Labute approximate surface area is 207 Å². The summed E-state index contributed by atoms with van der Waals surface area (Å²) in [6, 6.07) is 13.6. The number of para-hydroxylation sites is 1. The number of nitrogens with one attached hydrogen (secondary N) is 2. The van der Waals surface area contributed by atoms with E-state index in [9.17, 15) is 9.59 Å². The van der Waals surface area contributed by atoms with E-state index in [2.05, 4.69) is 34.7 Å². The molecule has 0 saturated heterocycles. The molecule has 0 aliphatic heterocycles. The van der Waals surface area contributed by atoms with Crippen LogP contribution in [0.5, 0.6) is 0 Å². The average molecular weight is 506 g/mol. The van der Waals surface area contributed by atoms with Crippen LogP contribution in [0.2, 0.25) is 10.0 Å². The van der Waals surface area contributed by atoms with Crippen molar-refractivity contribution in [3.8, 4) is 0 Å². The molecule has 0 spiro atoms. The van der Waals surface area contributed by atoms with Crippen LogP contribution in [0, 0.1) is 5.92 Å². The standard InChI is InChI=1S/C23H25Cl2N5O2S/c1-14(2)11-19(27-22(32)17-10-9-15(24)12-18(17)25)21-28-29-23(30(21)3)33-13-20(31)26-16-7-5-4-6-8-16/h4-10,12,14,19H,11,13H2,1-3H3,(H,26,31)(H,27,32)/t19-/m0/s1. The third kappa shape index (κ3) is 6.96. The Morgan fingerprint density at radius 2 is 1.82 bits per heavy atom. The fourth-order valence-electron chi connectivity index (χ4n) is 3.21. The molecule has 174 valence electrons. The first-order valence-electron chi connectivity index (χ1n) is 10.4. The molecular formula is C23H25Cl2N5O2S. The lowest BCUT2D eigenvalue weighted by Gasteiger charge is -2.20. The molecular weight excluding hydrogens is 481 g/mol. The summed E-state index contributed by atoms with van der Waals surface area (Å²) in [6.07, 6.45) is 0.655. The molecule has 10 heteroatoms. The minimum atomic E-state index is -0.380. The molecule has 3 aromatic rings. The Hall–Kier alpha value is -2.55. The van der Waals surface area contributed by atoms with Gasteiger partial charge in [-0.2, -0.15) is 0 Å². The predicted octanol–water partition coefficient (Wildman–Crippen LogP) is 5.37. The van der Waals surface area contributed by atoms with Crippen LogP contribution in [0.4, 0.5) is 5.69 Å². The largest absolute Gasteiger partial charge is 0.342 e. The van der Waals surface area contributed by atoms with E-state index in [-0.39, 0.29) is 28.6 Å². The van der Waals surface area contributed by atoms with E-state index < -0.39 is 0 Å². The summed E-state index contributed by atoms with van der Waals surface area (Å²) in [5.41, 5.74) is 1.08. The van der Waals surface area contributed by atoms with Gasteiger partial charge in [-0.1, -0.05) is 67.0 Å². The highest BCUT2D eigenvalue weighted by Gasteiger charge is 2.24. The molecule has 1 atom stereocenters. The lowest BCUT2D eigenvalue weighted by atomic mass is 10.0. The van der Waals surface area contributed by atoms with Crippen LogP contribution in [-0.4, -0.2) is 32.3 Å². The summed E-state index contributed by atoms with van der Waals surface area (Å²) in [7, 11) is 1.82. The Morgan fingerprint density at radius 1 is 1.09 bits per heavy atom. The number of rotatable bonds is 9. The molecule has 0 fully saturated rings. The summed E-state index contributed by atoms with van der Waals surface area (Å²) in [5, 5.41) is 15.7. The predicted molar refractivity (Wildman–Crippen MR) is 133 cm³/mol. The quantitative estimate of drug-likeness (QED) is 0.381. The zero-order valence-corrected chi connectivity index (χ0v) is 20.8. The van der Waals surface area contributed by atoms with Crippen LogP contribution in [0.1, 0.15) is 42.5 Å². The third-order valence-corrected chi connectivity index (χ3v) is 6.33. The van der Waals surface area contributed by atoms with Crippen molar-refractivity contribution in [2.45, 2.75) is 31.5 Å². The summed E-state index contributed by atoms with van der Waals surface area (Å²) in [5.74, 6) is 0.623. The lowest BCUT2D eigenvalue weighted by molar-refractivity contribution is -0.113. The highest BCUT2D eigenvalue weighted by Crippen LogP contribution is 2.26. The zero-order chi connectivity index (χ0) is 24.0. The van der Waals surface area contributed by atoms with Crippen LogP contribution < -0.4 is 10.6 Å². The minimum Gasteiger partial charge on any atom is -0.342 e. The number of benzene rings is 2. The number of thioether (sulfide) groups is 1. The van der Waals surface area contributed by atoms with Gasteiger partial charge in [-0.25, -0.2) is 0 Å². The van der Waals surface area contributed by atoms with E-state index in [1.54, 1.807) is 16.7 Å². The molecule has 0 aliphatic carbocycles. The van der Waals surface area contributed by atoms with Crippen molar-refractivity contribution in [2.75, 3.05) is 11.1 Å². The van der Waals surface area contributed by atoms with Crippen LogP contribution in [-0.2, 0) is 11.8 Å². The molecule has 7 nitrogen and oxygen atoms in total. The monoisotopic (exact) mass is 505 g/mol. The Morgan fingerprint density at radius 3 is 2.48 bits per heavy atom. The van der Waals surface area contributed by atoms with Crippen molar-refractivity contribution >= 4 is 52.5 Å². The van der Waals surface area contributed by atoms with E-state index >= 15 is 0 Å². The molecule has 3 rings (SSSR count). The molecule has 2 aromatic carbocycles. The van der Waals surface area contributed by atoms with Gasteiger partial charge in [-0.05, 0) is 42.7 Å². The first-order valence-corrected chi connectivity index (χ1v) is 12.1. The second-order valence-electron chi connectivity index (χ2n) is 7.88. The Bertz CT molecular complexity index is 1120. The first kappa shape index (κ1) is 25.1. The lowest BCUT2D eigenvalue weighted by Crippen LogP contribution is -2.31. The van der Waals surface area contributed by atoms with E-state index in [1.165, 1.54) is 17.8 Å². The van der Waals surface area contributed by atoms with Crippen molar-refractivity contribution in [2.24, 2.45) is 13.0 Å². The molecule has 0 bridgehead atoms. The maximum Gasteiger partial charge on any atom is 0.253 e. The molecule has 0 unspecified atom stereocenters. The second-order valence-corrected chi connectivity index (χ2v) is 9.67. The second kappa shape index (κ2) is 11.5. The summed E-state index contributed by atoms with van der Waals surface area (Å²) in [6.45, 7) is 4.13. The zero-order valence-electron chi connectivity index (χ0n) is 18.5. The molecule has 2 N–H and O–H groups in total.